The molecule has 0 bridgehead atoms. The normalized spacial score (nSPS) is 9.53. The Bertz CT molecular complexity index is 366. The maximum absolute atomic E-state index is 7.30. The summed E-state index contributed by atoms with van der Waals surface area (Å²) in [5.41, 5.74) is 6.15. The summed E-state index contributed by atoms with van der Waals surface area (Å²) in [5.74, 6) is 1.24. The highest BCUT2D eigenvalue weighted by Gasteiger charge is 2.08. The fourth-order valence-corrected chi connectivity index (χ4v) is 1.17. The average molecular weight is 209 g/mol. The van der Waals surface area contributed by atoms with Gasteiger partial charge in [-0.3, -0.25) is 5.41 Å². The molecule has 0 atom stereocenters. The maximum Gasteiger partial charge on any atom is 0.192 e. The smallest absolute Gasteiger partial charge is 0.192 e. The molecular weight excluding hydrogens is 194 g/mol. The van der Waals surface area contributed by atoms with Crippen LogP contribution in [0.15, 0.2) is 18.2 Å². The number of hydrogen-bond donors (Lipinski definition) is 2. The number of anilines is 1. The van der Waals surface area contributed by atoms with Crippen LogP contribution in [0.3, 0.4) is 0 Å². The second kappa shape index (κ2) is 4.54. The van der Waals surface area contributed by atoms with Crippen LogP contribution in [-0.4, -0.2) is 27.2 Å². The van der Waals surface area contributed by atoms with Gasteiger partial charge in [-0.2, -0.15) is 0 Å². The number of rotatable bonds is 3. The van der Waals surface area contributed by atoms with E-state index in [4.69, 9.17) is 20.6 Å². The first kappa shape index (κ1) is 11.2. The first-order chi connectivity index (χ1) is 7.10. The van der Waals surface area contributed by atoms with E-state index in [1.807, 2.05) is 6.07 Å². The molecule has 0 aliphatic rings. The van der Waals surface area contributed by atoms with E-state index in [1.165, 1.54) is 0 Å². The van der Waals surface area contributed by atoms with E-state index in [0.29, 0.717) is 11.5 Å². The number of ether oxygens (including phenoxy) is 2. The van der Waals surface area contributed by atoms with Gasteiger partial charge in [-0.1, -0.05) is 0 Å². The van der Waals surface area contributed by atoms with Crippen molar-refractivity contribution in [3.63, 3.8) is 0 Å². The third-order valence-electron chi connectivity index (χ3n) is 2.12. The Balaban J connectivity index is 3.07. The van der Waals surface area contributed by atoms with Crippen LogP contribution in [0.4, 0.5) is 5.69 Å². The van der Waals surface area contributed by atoms with E-state index in [2.05, 4.69) is 0 Å². The summed E-state index contributed by atoms with van der Waals surface area (Å²) >= 11 is 0. The first-order valence-corrected chi connectivity index (χ1v) is 4.40. The molecular formula is C10H15N3O2. The van der Waals surface area contributed by atoms with E-state index in [1.54, 1.807) is 38.3 Å². The zero-order valence-electron chi connectivity index (χ0n) is 9.07. The van der Waals surface area contributed by atoms with E-state index < -0.39 is 0 Å². The van der Waals surface area contributed by atoms with Crippen LogP contribution in [0, 0.1) is 5.41 Å². The number of hydrogen-bond acceptors (Lipinski definition) is 3. The molecule has 0 amide bonds. The number of nitrogens with one attached hydrogen (secondary N) is 1. The summed E-state index contributed by atoms with van der Waals surface area (Å²) in [4.78, 5) is 1.54. The largest absolute Gasteiger partial charge is 0.493 e. The van der Waals surface area contributed by atoms with Gasteiger partial charge in [0.1, 0.15) is 0 Å². The lowest BCUT2D eigenvalue weighted by molar-refractivity contribution is 0.355. The van der Waals surface area contributed by atoms with Crippen LogP contribution >= 0.6 is 0 Å². The third-order valence-corrected chi connectivity index (χ3v) is 2.12. The van der Waals surface area contributed by atoms with Gasteiger partial charge in [0.15, 0.2) is 17.5 Å². The molecule has 3 N–H and O–H groups in total. The Morgan fingerprint density at radius 2 is 1.87 bits per heavy atom. The van der Waals surface area contributed by atoms with Gasteiger partial charge in [-0.25, -0.2) is 0 Å². The fraction of sp³-hybridized carbons (Fsp3) is 0.300. The number of nitrogens with two attached hydrogens (primary N) is 1. The fourth-order valence-electron chi connectivity index (χ4n) is 1.17. The van der Waals surface area contributed by atoms with Crippen LogP contribution in [-0.2, 0) is 0 Å². The lowest BCUT2D eigenvalue weighted by Gasteiger charge is -2.18. The van der Waals surface area contributed by atoms with Gasteiger partial charge < -0.3 is 20.1 Å². The molecule has 0 radical (unpaired) electrons. The van der Waals surface area contributed by atoms with Crippen molar-refractivity contribution in [3.8, 4) is 11.5 Å². The molecule has 1 aromatic carbocycles. The second-order valence-corrected chi connectivity index (χ2v) is 2.98. The van der Waals surface area contributed by atoms with Gasteiger partial charge in [0.25, 0.3) is 0 Å². The number of guanidine groups is 1. The molecule has 15 heavy (non-hydrogen) atoms. The van der Waals surface area contributed by atoms with E-state index in [-0.39, 0.29) is 5.96 Å². The second-order valence-electron chi connectivity index (χ2n) is 2.98. The molecule has 0 aliphatic heterocycles. The molecule has 82 valence electrons. The number of methoxy groups -OCH3 is 2. The molecule has 1 aromatic rings. The Kier molecular flexibility index (Phi) is 3.38. The minimum atomic E-state index is -0.0257. The van der Waals surface area contributed by atoms with Gasteiger partial charge in [0.05, 0.1) is 14.2 Å². The third kappa shape index (κ3) is 2.31. The highest BCUT2D eigenvalue weighted by atomic mass is 16.5. The Morgan fingerprint density at radius 3 is 2.33 bits per heavy atom. The molecule has 1 rings (SSSR count). The SMILES string of the molecule is COc1ccc(N(C)C(=N)N)cc1OC. The lowest BCUT2D eigenvalue weighted by atomic mass is 10.2. The minimum absolute atomic E-state index is 0.0257. The van der Waals surface area contributed by atoms with Crippen molar-refractivity contribution in [2.45, 2.75) is 0 Å². The number of nitrogens with zero attached hydrogens (tertiary/aromatic N) is 1. The zero-order valence-corrected chi connectivity index (χ0v) is 9.07. The van der Waals surface area contributed by atoms with Crippen molar-refractivity contribution in [3.05, 3.63) is 18.2 Å². The summed E-state index contributed by atoms with van der Waals surface area (Å²) in [6.45, 7) is 0. The lowest BCUT2D eigenvalue weighted by Crippen LogP contribution is -2.32. The molecule has 0 heterocycles. The monoisotopic (exact) mass is 209 g/mol. The van der Waals surface area contributed by atoms with Crippen LogP contribution in [0.2, 0.25) is 0 Å². The molecule has 5 nitrogen and oxygen atoms in total. The van der Waals surface area contributed by atoms with Gasteiger partial charge >= 0.3 is 0 Å². The van der Waals surface area contributed by atoms with Crippen molar-refractivity contribution < 1.29 is 9.47 Å². The number of benzene rings is 1. The summed E-state index contributed by atoms with van der Waals surface area (Å²) in [7, 11) is 4.85. The van der Waals surface area contributed by atoms with Gasteiger partial charge in [0.2, 0.25) is 0 Å². The van der Waals surface area contributed by atoms with Gasteiger partial charge in [-0.15, -0.1) is 0 Å². The summed E-state index contributed by atoms with van der Waals surface area (Å²) < 4.78 is 10.2. The quantitative estimate of drug-likeness (QED) is 0.576. The molecule has 5 heteroatoms. The Morgan fingerprint density at radius 1 is 1.27 bits per heavy atom. The van der Waals surface area contributed by atoms with Crippen molar-refractivity contribution >= 4 is 11.6 Å². The molecule has 0 saturated heterocycles. The van der Waals surface area contributed by atoms with Crippen LogP contribution in [0.5, 0.6) is 11.5 Å². The summed E-state index contributed by atoms with van der Waals surface area (Å²) in [6.07, 6.45) is 0. The first-order valence-electron chi connectivity index (χ1n) is 4.40. The molecule has 0 spiro atoms. The topological polar surface area (TPSA) is 71.6 Å². The molecule has 0 aromatic heterocycles. The van der Waals surface area contributed by atoms with Crippen LogP contribution < -0.4 is 20.1 Å². The Hall–Kier alpha value is -1.91. The standard InChI is InChI=1S/C10H15N3O2/c1-13(10(11)12)7-4-5-8(14-2)9(6-7)15-3/h4-6H,1-3H3,(H3,11,12). The summed E-state index contributed by atoms with van der Waals surface area (Å²) in [5, 5.41) is 7.30. The molecule has 0 unspecified atom stereocenters. The minimum Gasteiger partial charge on any atom is -0.493 e. The van der Waals surface area contributed by atoms with E-state index >= 15 is 0 Å². The molecule has 0 fully saturated rings. The van der Waals surface area contributed by atoms with Gasteiger partial charge in [0, 0.05) is 18.8 Å². The predicted molar refractivity (Wildman–Crippen MR) is 59.9 cm³/mol. The predicted octanol–water partition coefficient (Wildman–Crippen LogP) is 1.03. The van der Waals surface area contributed by atoms with Crippen molar-refractivity contribution in [1.29, 1.82) is 5.41 Å². The highest BCUT2D eigenvalue weighted by Crippen LogP contribution is 2.30. The molecule has 0 aliphatic carbocycles. The van der Waals surface area contributed by atoms with Crippen molar-refractivity contribution in [1.82, 2.24) is 0 Å². The van der Waals surface area contributed by atoms with Crippen molar-refractivity contribution in [2.75, 3.05) is 26.2 Å². The maximum atomic E-state index is 7.30. The summed E-state index contributed by atoms with van der Waals surface area (Å²) in [6, 6.07) is 5.34. The van der Waals surface area contributed by atoms with Crippen LogP contribution in [0.25, 0.3) is 0 Å². The van der Waals surface area contributed by atoms with E-state index in [0.717, 1.165) is 5.69 Å². The van der Waals surface area contributed by atoms with Crippen LogP contribution in [0.1, 0.15) is 0 Å². The zero-order chi connectivity index (χ0) is 11.4. The van der Waals surface area contributed by atoms with E-state index in [9.17, 15) is 0 Å². The van der Waals surface area contributed by atoms with Crippen molar-refractivity contribution in [2.24, 2.45) is 5.73 Å². The average Bonchev–Trinajstić information content (AvgIpc) is 2.26. The Labute approximate surface area is 88.9 Å². The van der Waals surface area contributed by atoms with Gasteiger partial charge in [-0.05, 0) is 12.1 Å². The molecule has 0 saturated carbocycles. The highest BCUT2D eigenvalue weighted by molar-refractivity contribution is 5.92.